The maximum atomic E-state index is 13.2. The minimum atomic E-state index is -0.206. The molecule has 7 heteroatoms. The number of aromatic nitrogens is 2. The van der Waals surface area contributed by atoms with Gasteiger partial charge in [-0.15, -0.1) is 24.0 Å². The molecule has 0 spiro atoms. The number of guanidine groups is 1. The van der Waals surface area contributed by atoms with Gasteiger partial charge < -0.3 is 10.6 Å². The highest BCUT2D eigenvalue weighted by Crippen LogP contribution is 2.05. The number of halogens is 2. The Labute approximate surface area is 182 Å². The van der Waals surface area contributed by atoms with Gasteiger partial charge in [0.1, 0.15) is 5.82 Å². The van der Waals surface area contributed by atoms with Crippen LogP contribution in [0.15, 0.2) is 72.0 Å². The first-order chi connectivity index (χ1) is 13.2. The van der Waals surface area contributed by atoms with Gasteiger partial charge in [0.25, 0.3) is 0 Å². The van der Waals surface area contributed by atoms with Gasteiger partial charge in [-0.1, -0.05) is 42.5 Å². The third kappa shape index (κ3) is 6.95. The van der Waals surface area contributed by atoms with Crippen molar-refractivity contribution < 1.29 is 4.39 Å². The van der Waals surface area contributed by atoms with Gasteiger partial charge in [0, 0.05) is 31.9 Å². The molecule has 2 N–H and O–H groups in total. The summed E-state index contributed by atoms with van der Waals surface area (Å²) < 4.78 is 15.1. The Hall–Kier alpha value is -2.42. The first-order valence-electron chi connectivity index (χ1n) is 8.97. The second kappa shape index (κ2) is 11.4. The summed E-state index contributed by atoms with van der Waals surface area (Å²) in [6, 6.07) is 16.9. The van der Waals surface area contributed by atoms with E-state index in [-0.39, 0.29) is 29.8 Å². The number of hydrogen-bond donors (Lipinski definition) is 2. The van der Waals surface area contributed by atoms with Crippen molar-refractivity contribution in [1.29, 1.82) is 0 Å². The Kier molecular flexibility index (Phi) is 8.93. The predicted octanol–water partition coefficient (Wildman–Crippen LogP) is 3.60. The molecule has 0 atom stereocenters. The fourth-order valence-electron chi connectivity index (χ4n) is 2.78. The zero-order valence-corrected chi connectivity index (χ0v) is 18.1. The number of rotatable bonds is 7. The monoisotopic (exact) mass is 493 g/mol. The topological polar surface area (TPSA) is 54.2 Å². The van der Waals surface area contributed by atoms with Crippen LogP contribution in [0.5, 0.6) is 0 Å². The zero-order chi connectivity index (χ0) is 18.9. The molecule has 1 heterocycles. The number of benzene rings is 2. The van der Waals surface area contributed by atoms with Crippen molar-refractivity contribution in [2.45, 2.75) is 19.5 Å². The second-order valence-corrected chi connectivity index (χ2v) is 6.26. The van der Waals surface area contributed by atoms with E-state index in [0.717, 1.165) is 24.1 Å². The smallest absolute Gasteiger partial charge is 0.191 e. The number of hydrogen-bond acceptors (Lipinski definition) is 2. The molecule has 5 nitrogen and oxygen atoms in total. The molecule has 0 fully saturated rings. The van der Waals surface area contributed by atoms with E-state index >= 15 is 0 Å². The molecule has 28 heavy (non-hydrogen) atoms. The van der Waals surface area contributed by atoms with E-state index in [2.05, 4.69) is 32.9 Å². The fraction of sp³-hybridized carbons (Fsp3) is 0.238. The average molecular weight is 493 g/mol. The first-order valence-corrected chi connectivity index (χ1v) is 8.97. The Morgan fingerprint density at radius 2 is 1.82 bits per heavy atom. The largest absolute Gasteiger partial charge is 0.356 e. The molecule has 0 amide bonds. The van der Waals surface area contributed by atoms with E-state index in [9.17, 15) is 4.39 Å². The number of nitrogens with one attached hydrogen (secondary N) is 2. The van der Waals surface area contributed by atoms with Gasteiger partial charge in [0.15, 0.2) is 5.96 Å². The van der Waals surface area contributed by atoms with Crippen molar-refractivity contribution in [2.24, 2.45) is 4.99 Å². The Morgan fingerprint density at radius 1 is 1.04 bits per heavy atom. The lowest BCUT2D eigenvalue weighted by Crippen LogP contribution is -2.37. The Bertz CT molecular complexity index is 879. The molecule has 3 aromatic rings. The minimum absolute atomic E-state index is 0. The van der Waals surface area contributed by atoms with Crippen molar-refractivity contribution >= 4 is 29.9 Å². The quantitative estimate of drug-likeness (QED) is 0.301. The van der Waals surface area contributed by atoms with Crippen LogP contribution in [0, 0.1) is 5.82 Å². The van der Waals surface area contributed by atoms with Crippen LogP contribution in [-0.4, -0.2) is 29.3 Å². The zero-order valence-electron chi connectivity index (χ0n) is 15.8. The summed E-state index contributed by atoms with van der Waals surface area (Å²) in [4.78, 5) is 4.22. The Balaban J connectivity index is 0.00000280. The van der Waals surface area contributed by atoms with Crippen molar-refractivity contribution in [3.8, 4) is 0 Å². The first kappa shape index (κ1) is 21.9. The van der Waals surface area contributed by atoms with Gasteiger partial charge in [0.05, 0.1) is 12.7 Å². The van der Waals surface area contributed by atoms with Crippen LogP contribution < -0.4 is 10.6 Å². The summed E-state index contributed by atoms with van der Waals surface area (Å²) in [6.07, 6.45) is 4.61. The summed E-state index contributed by atoms with van der Waals surface area (Å²) in [5, 5.41) is 10.9. The van der Waals surface area contributed by atoms with Crippen LogP contribution in [0.3, 0.4) is 0 Å². The highest BCUT2D eigenvalue weighted by Gasteiger charge is 2.03. The summed E-state index contributed by atoms with van der Waals surface area (Å²) in [5.74, 6) is 0.504. The molecular formula is C21H25FIN5. The van der Waals surface area contributed by atoms with E-state index in [0.29, 0.717) is 19.0 Å². The molecule has 0 bridgehead atoms. The molecule has 148 valence electrons. The van der Waals surface area contributed by atoms with E-state index in [1.165, 1.54) is 11.6 Å². The number of nitrogens with zero attached hydrogens (tertiary/aromatic N) is 3. The predicted molar refractivity (Wildman–Crippen MR) is 121 cm³/mol. The standard InChI is InChI=1S/C21H24FN5.HI/c1-23-21(24-11-10-17-8-5-9-20(22)12-17)25-13-19-14-26-27(16-19)15-18-6-3-2-4-7-18;/h2-9,12,14,16H,10-11,13,15H2,1H3,(H2,23,24,25);1H. The van der Waals surface area contributed by atoms with E-state index < -0.39 is 0 Å². The molecule has 2 aromatic carbocycles. The van der Waals surface area contributed by atoms with Gasteiger partial charge in [-0.3, -0.25) is 9.67 Å². The van der Waals surface area contributed by atoms with Crippen LogP contribution in [0.1, 0.15) is 16.7 Å². The van der Waals surface area contributed by atoms with Gasteiger partial charge in [-0.05, 0) is 29.7 Å². The molecule has 0 unspecified atom stereocenters. The van der Waals surface area contributed by atoms with Gasteiger partial charge in [-0.25, -0.2) is 4.39 Å². The lowest BCUT2D eigenvalue weighted by atomic mass is 10.1. The third-order valence-electron chi connectivity index (χ3n) is 4.15. The highest BCUT2D eigenvalue weighted by atomic mass is 127. The molecule has 0 saturated heterocycles. The van der Waals surface area contributed by atoms with Crippen molar-refractivity contribution in [3.63, 3.8) is 0 Å². The third-order valence-corrected chi connectivity index (χ3v) is 4.15. The molecule has 0 aliphatic heterocycles. The summed E-state index contributed by atoms with van der Waals surface area (Å²) in [5.41, 5.74) is 3.26. The maximum absolute atomic E-state index is 13.2. The minimum Gasteiger partial charge on any atom is -0.356 e. The molecule has 3 rings (SSSR count). The summed E-state index contributed by atoms with van der Waals surface area (Å²) >= 11 is 0. The van der Waals surface area contributed by atoms with Crippen LogP contribution in [0.25, 0.3) is 0 Å². The van der Waals surface area contributed by atoms with E-state index in [1.807, 2.05) is 41.3 Å². The molecular weight excluding hydrogens is 468 g/mol. The highest BCUT2D eigenvalue weighted by molar-refractivity contribution is 14.0. The fourth-order valence-corrected chi connectivity index (χ4v) is 2.78. The van der Waals surface area contributed by atoms with Crippen LogP contribution in [0.4, 0.5) is 4.39 Å². The van der Waals surface area contributed by atoms with Crippen molar-refractivity contribution in [3.05, 3.63) is 89.5 Å². The van der Waals surface area contributed by atoms with Crippen molar-refractivity contribution in [2.75, 3.05) is 13.6 Å². The molecule has 0 aliphatic rings. The summed E-state index contributed by atoms with van der Waals surface area (Å²) in [7, 11) is 1.73. The van der Waals surface area contributed by atoms with Gasteiger partial charge in [-0.2, -0.15) is 5.10 Å². The molecule has 0 aliphatic carbocycles. The van der Waals surface area contributed by atoms with Crippen LogP contribution in [0.2, 0.25) is 0 Å². The maximum Gasteiger partial charge on any atom is 0.191 e. The summed E-state index contributed by atoms with van der Waals surface area (Å²) in [6.45, 7) is 2.06. The SMILES string of the molecule is CN=C(NCCc1cccc(F)c1)NCc1cnn(Cc2ccccc2)c1.I. The molecule has 1 aromatic heterocycles. The second-order valence-electron chi connectivity index (χ2n) is 6.26. The van der Waals surface area contributed by atoms with E-state index in [1.54, 1.807) is 19.2 Å². The average Bonchev–Trinajstić information content (AvgIpc) is 3.12. The normalized spacial score (nSPS) is 11.0. The van der Waals surface area contributed by atoms with Gasteiger partial charge in [0.2, 0.25) is 0 Å². The molecule has 0 radical (unpaired) electrons. The van der Waals surface area contributed by atoms with Crippen LogP contribution in [-0.2, 0) is 19.5 Å². The van der Waals surface area contributed by atoms with E-state index in [4.69, 9.17) is 0 Å². The van der Waals surface area contributed by atoms with Crippen LogP contribution >= 0.6 is 24.0 Å². The lowest BCUT2D eigenvalue weighted by Gasteiger charge is -2.11. The Morgan fingerprint density at radius 3 is 2.57 bits per heavy atom. The number of aliphatic imine (C=N–C) groups is 1. The lowest BCUT2D eigenvalue weighted by molar-refractivity contribution is 0.625. The van der Waals surface area contributed by atoms with Crippen molar-refractivity contribution in [1.82, 2.24) is 20.4 Å². The van der Waals surface area contributed by atoms with Gasteiger partial charge >= 0.3 is 0 Å². The molecule has 0 saturated carbocycles.